The molecule has 9 heteroatoms. The Morgan fingerprint density at radius 1 is 1.06 bits per heavy atom. The smallest absolute Gasteiger partial charge is 0.278 e. The third-order valence-corrected chi connectivity index (χ3v) is 6.71. The van der Waals surface area contributed by atoms with Crippen molar-refractivity contribution in [3.63, 3.8) is 0 Å². The molecule has 6 rings (SSSR count). The van der Waals surface area contributed by atoms with E-state index in [-0.39, 0.29) is 17.0 Å². The Hall–Kier alpha value is -3.59. The van der Waals surface area contributed by atoms with Gasteiger partial charge in [-0.15, -0.1) is 0 Å². The average Bonchev–Trinajstić information content (AvgIpc) is 3.62. The molecule has 4 aromatic rings. The number of rotatable bonds is 4. The predicted molar refractivity (Wildman–Crippen MR) is 135 cm³/mol. The Labute approximate surface area is 203 Å². The van der Waals surface area contributed by atoms with Crippen LogP contribution in [0.3, 0.4) is 0 Å². The Morgan fingerprint density at radius 3 is 2.66 bits per heavy atom. The standard InChI is InChI=1S/C26H30N8O/c1-26(2,3)24-27-11-9-21(30-24)34-22-20(23(35)33(34)19-7-8-19)14-28-25(31-22)29-18-6-5-16-10-12-32(4)15-17(16)13-18/h5-6,9,11,13-14,19H,7-8,10,12,15H2,1-4H3,(H,28,29,31). The third kappa shape index (κ3) is 3.99. The fourth-order valence-corrected chi connectivity index (χ4v) is 4.66. The molecule has 0 spiro atoms. The predicted octanol–water partition coefficient (Wildman–Crippen LogP) is 3.74. The number of hydrogen-bond acceptors (Lipinski definition) is 7. The number of nitrogens with zero attached hydrogens (tertiary/aromatic N) is 7. The van der Waals surface area contributed by atoms with Crippen LogP contribution in [0.1, 0.15) is 56.6 Å². The lowest BCUT2D eigenvalue weighted by atomic mass is 9.96. The van der Waals surface area contributed by atoms with Gasteiger partial charge >= 0.3 is 0 Å². The molecule has 0 atom stereocenters. The molecule has 0 saturated heterocycles. The second-order valence-corrected chi connectivity index (χ2v) is 10.7. The van der Waals surface area contributed by atoms with E-state index in [1.807, 2.05) is 10.7 Å². The molecule has 1 aliphatic heterocycles. The maximum Gasteiger partial charge on any atom is 0.278 e. The van der Waals surface area contributed by atoms with Gasteiger partial charge in [0.1, 0.15) is 11.2 Å². The molecular formula is C26H30N8O. The SMILES string of the molecule is CN1CCc2ccc(Nc3ncc4c(=O)n(C5CC5)n(-c5ccnc(C(C)(C)C)n5)c4n3)cc2C1. The van der Waals surface area contributed by atoms with Gasteiger partial charge in [-0.25, -0.2) is 24.3 Å². The minimum absolute atomic E-state index is 0.0817. The van der Waals surface area contributed by atoms with E-state index in [4.69, 9.17) is 9.97 Å². The Morgan fingerprint density at radius 2 is 1.89 bits per heavy atom. The van der Waals surface area contributed by atoms with Crippen LogP contribution in [0.5, 0.6) is 0 Å². The summed E-state index contributed by atoms with van der Waals surface area (Å²) in [6, 6.07) is 8.40. The van der Waals surface area contributed by atoms with Crippen LogP contribution in [0.2, 0.25) is 0 Å². The van der Waals surface area contributed by atoms with E-state index in [1.165, 1.54) is 11.1 Å². The Balaban J connectivity index is 1.45. The maximum absolute atomic E-state index is 13.3. The zero-order valence-corrected chi connectivity index (χ0v) is 20.6. The fourth-order valence-electron chi connectivity index (χ4n) is 4.66. The first-order valence-corrected chi connectivity index (χ1v) is 12.2. The molecule has 3 aromatic heterocycles. The van der Waals surface area contributed by atoms with Crippen LogP contribution in [0.15, 0.2) is 41.5 Å². The van der Waals surface area contributed by atoms with Gasteiger partial charge in [-0.05, 0) is 49.6 Å². The van der Waals surface area contributed by atoms with Crippen LogP contribution in [0.25, 0.3) is 16.9 Å². The van der Waals surface area contributed by atoms with E-state index >= 15 is 0 Å². The highest BCUT2D eigenvalue weighted by atomic mass is 16.1. The van der Waals surface area contributed by atoms with Crippen molar-refractivity contribution in [3.8, 4) is 5.82 Å². The summed E-state index contributed by atoms with van der Waals surface area (Å²) in [6.07, 6.45) is 6.37. The van der Waals surface area contributed by atoms with Crippen LogP contribution in [0, 0.1) is 0 Å². The van der Waals surface area contributed by atoms with E-state index in [1.54, 1.807) is 17.1 Å². The van der Waals surface area contributed by atoms with Gasteiger partial charge in [-0.1, -0.05) is 26.8 Å². The average molecular weight is 471 g/mol. The van der Waals surface area contributed by atoms with Crippen molar-refractivity contribution < 1.29 is 0 Å². The topological polar surface area (TPSA) is 93.8 Å². The third-order valence-electron chi connectivity index (χ3n) is 6.71. The van der Waals surface area contributed by atoms with Crippen molar-refractivity contribution in [1.82, 2.24) is 34.2 Å². The molecule has 1 aromatic carbocycles. The monoisotopic (exact) mass is 470 g/mol. The van der Waals surface area contributed by atoms with Crippen LogP contribution < -0.4 is 10.9 Å². The second-order valence-electron chi connectivity index (χ2n) is 10.7. The largest absolute Gasteiger partial charge is 0.324 e. The Kier molecular flexibility index (Phi) is 5.00. The molecule has 1 aliphatic carbocycles. The molecule has 0 radical (unpaired) electrons. The maximum atomic E-state index is 13.3. The first-order valence-electron chi connectivity index (χ1n) is 12.2. The minimum atomic E-state index is -0.216. The summed E-state index contributed by atoms with van der Waals surface area (Å²) in [7, 11) is 2.14. The molecule has 1 N–H and O–H groups in total. The second kappa shape index (κ2) is 7.98. The van der Waals surface area contributed by atoms with Gasteiger partial charge in [0.25, 0.3) is 5.56 Å². The zero-order valence-electron chi connectivity index (χ0n) is 20.6. The number of anilines is 2. The number of aromatic nitrogens is 6. The summed E-state index contributed by atoms with van der Waals surface area (Å²) in [5.74, 6) is 1.82. The van der Waals surface area contributed by atoms with E-state index in [0.29, 0.717) is 22.8 Å². The number of likely N-dealkylation sites (N-methyl/N-ethyl adjacent to an activating group) is 1. The molecule has 1 fully saturated rings. The van der Waals surface area contributed by atoms with Crippen molar-refractivity contribution in [2.45, 2.75) is 58.0 Å². The number of benzene rings is 1. The van der Waals surface area contributed by atoms with Crippen LogP contribution in [-0.2, 0) is 18.4 Å². The molecule has 2 aliphatic rings. The minimum Gasteiger partial charge on any atom is -0.324 e. The Bertz CT molecular complexity index is 1490. The van der Waals surface area contributed by atoms with E-state index in [9.17, 15) is 4.79 Å². The van der Waals surface area contributed by atoms with Crippen molar-refractivity contribution in [3.05, 3.63) is 64.0 Å². The van der Waals surface area contributed by atoms with E-state index < -0.39 is 0 Å². The lowest BCUT2D eigenvalue weighted by Crippen LogP contribution is -2.26. The van der Waals surface area contributed by atoms with E-state index in [0.717, 1.165) is 43.9 Å². The highest BCUT2D eigenvalue weighted by Gasteiger charge is 2.31. The van der Waals surface area contributed by atoms with Gasteiger partial charge in [0.15, 0.2) is 11.5 Å². The summed E-state index contributed by atoms with van der Waals surface area (Å²) in [6.45, 7) is 8.24. The molecule has 0 bridgehead atoms. The number of nitrogens with one attached hydrogen (secondary N) is 1. The number of hydrogen-bond donors (Lipinski definition) is 1. The molecule has 35 heavy (non-hydrogen) atoms. The van der Waals surface area contributed by atoms with Crippen molar-refractivity contribution in [1.29, 1.82) is 0 Å². The molecule has 1 saturated carbocycles. The van der Waals surface area contributed by atoms with Crippen molar-refractivity contribution in [2.75, 3.05) is 18.9 Å². The molecule has 0 amide bonds. The van der Waals surface area contributed by atoms with Crippen LogP contribution in [-0.4, -0.2) is 47.8 Å². The normalized spacial score (nSPS) is 16.5. The number of fused-ring (bicyclic) bond motifs is 2. The summed E-state index contributed by atoms with van der Waals surface area (Å²) >= 11 is 0. The van der Waals surface area contributed by atoms with Crippen molar-refractivity contribution >= 4 is 22.7 Å². The van der Waals surface area contributed by atoms with Gasteiger partial charge in [0.2, 0.25) is 5.95 Å². The highest BCUT2D eigenvalue weighted by Crippen LogP contribution is 2.35. The lowest BCUT2D eigenvalue weighted by Gasteiger charge is -2.25. The van der Waals surface area contributed by atoms with Gasteiger partial charge in [0, 0.05) is 42.7 Å². The molecule has 180 valence electrons. The fraction of sp³-hybridized carbons (Fsp3) is 0.423. The summed E-state index contributed by atoms with van der Waals surface area (Å²) < 4.78 is 3.63. The first kappa shape index (κ1) is 21.9. The van der Waals surface area contributed by atoms with Crippen LogP contribution >= 0.6 is 0 Å². The summed E-state index contributed by atoms with van der Waals surface area (Å²) in [5, 5.41) is 3.84. The van der Waals surface area contributed by atoms with Gasteiger partial charge < -0.3 is 10.2 Å². The first-order chi connectivity index (χ1) is 16.8. The van der Waals surface area contributed by atoms with Crippen LogP contribution in [0.4, 0.5) is 11.6 Å². The van der Waals surface area contributed by atoms with Gasteiger partial charge in [-0.3, -0.25) is 4.79 Å². The zero-order chi connectivity index (χ0) is 24.3. The summed E-state index contributed by atoms with van der Waals surface area (Å²) in [5.41, 5.74) is 3.89. The quantitative estimate of drug-likeness (QED) is 0.486. The molecule has 9 nitrogen and oxygen atoms in total. The lowest BCUT2D eigenvalue weighted by molar-refractivity contribution is 0.313. The van der Waals surface area contributed by atoms with Gasteiger partial charge in [-0.2, -0.15) is 4.98 Å². The molecule has 4 heterocycles. The van der Waals surface area contributed by atoms with E-state index in [2.05, 4.69) is 66.2 Å². The molecule has 0 unspecified atom stereocenters. The summed E-state index contributed by atoms with van der Waals surface area (Å²) in [4.78, 5) is 34.2. The van der Waals surface area contributed by atoms with Gasteiger partial charge in [0.05, 0.1) is 6.04 Å². The van der Waals surface area contributed by atoms with Crippen molar-refractivity contribution in [2.24, 2.45) is 0 Å². The highest BCUT2D eigenvalue weighted by molar-refractivity contribution is 5.77. The molecular weight excluding hydrogens is 440 g/mol.